The van der Waals surface area contributed by atoms with Gasteiger partial charge in [-0.1, -0.05) is 36.7 Å². The van der Waals surface area contributed by atoms with E-state index in [1.54, 1.807) is 12.1 Å². The number of amides is 1. The minimum absolute atomic E-state index is 0.211. The van der Waals surface area contributed by atoms with Crippen molar-refractivity contribution in [2.24, 2.45) is 0 Å². The van der Waals surface area contributed by atoms with Gasteiger partial charge in [-0.25, -0.2) is 8.42 Å². The molecule has 0 aliphatic heterocycles. The van der Waals surface area contributed by atoms with Gasteiger partial charge in [-0.2, -0.15) is 0 Å². The molecule has 0 spiro atoms. The molecule has 2 aromatic carbocycles. The number of methoxy groups -OCH3 is 1. The van der Waals surface area contributed by atoms with Crippen LogP contribution in [0.4, 0.5) is 11.4 Å². The van der Waals surface area contributed by atoms with E-state index < -0.39 is 22.5 Å². The molecule has 0 aliphatic rings. The van der Waals surface area contributed by atoms with Gasteiger partial charge in [0, 0.05) is 10.7 Å². The summed E-state index contributed by atoms with van der Waals surface area (Å²) < 4.78 is 30.9. The second-order valence-electron chi connectivity index (χ2n) is 6.10. The quantitative estimate of drug-likeness (QED) is 0.756. The Morgan fingerprint density at radius 2 is 1.96 bits per heavy atom. The Morgan fingerprint density at radius 1 is 1.26 bits per heavy atom. The Labute approximate surface area is 165 Å². The number of halogens is 1. The van der Waals surface area contributed by atoms with Crippen LogP contribution in [0, 0.1) is 6.92 Å². The van der Waals surface area contributed by atoms with Crippen molar-refractivity contribution < 1.29 is 17.9 Å². The molecule has 27 heavy (non-hydrogen) atoms. The van der Waals surface area contributed by atoms with Crippen molar-refractivity contribution in [3.63, 3.8) is 0 Å². The lowest BCUT2D eigenvalue weighted by Crippen LogP contribution is -2.37. The molecule has 1 amide bonds. The Hall–Kier alpha value is -2.25. The maximum Gasteiger partial charge on any atom is 0.245 e. The number of carbonyl (C=O) groups is 1. The van der Waals surface area contributed by atoms with Crippen molar-refractivity contribution in [2.45, 2.75) is 20.3 Å². The monoisotopic (exact) mass is 410 g/mol. The summed E-state index contributed by atoms with van der Waals surface area (Å²) >= 11 is 6.02. The van der Waals surface area contributed by atoms with Crippen molar-refractivity contribution in [3.8, 4) is 5.75 Å². The average molecular weight is 411 g/mol. The van der Waals surface area contributed by atoms with Gasteiger partial charge in [0.2, 0.25) is 15.9 Å². The number of carbonyl (C=O) groups excluding carboxylic acids is 1. The van der Waals surface area contributed by atoms with E-state index in [2.05, 4.69) is 5.32 Å². The zero-order chi connectivity index (χ0) is 20.2. The Morgan fingerprint density at radius 3 is 2.56 bits per heavy atom. The lowest BCUT2D eigenvalue weighted by Gasteiger charge is -2.24. The highest BCUT2D eigenvalue weighted by Gasteiger charge is 2.25. The predicted octanol–water partition coefficient (Wildman–Crippen LogP) is 3.62. The molecule has 6 nitrogen and oxygen atoms in total. The molecule has 0 atom stereocenters. The number of hydrogen-bond donors (Lipinski definition) is 1. The van der Waals surface area contributed by atoms with Crippen molar-refractivity contribution in [3.05, 3.63) is 52.5 Å². The first-order valence-corrected chi connectivity index (χ1v) is 10.6. The zero-order valence-corrected chi connectivity index (χ0v) is 17.3. The SMILES string of the molecule is CCc1cccc(C)c1NC(=O)CN(c1cc(Cl)ccc1OC)S(C)(=O)=O. The summed E-state index contributed by atoms with van der Waals surface area (Å²) in [7, 11) is -2.32. The van der Waals surface area contributed by atoms with Crippen LogP contribution in [0.25, 0.3) is 0 Å². The summed E-state index contributed by atoms with van der Waals surface area (Å²) in [6.45, 7) is 3.49. The molecule has 0 bridgehead atoms. The van der Waals surface area contributed by atoms with E-state index in [9.17, 15) is 13.2 Å². The predicted molar refractivity (Wildman–Crippen MR) is 109 cm³/mol. The second kappa shape index (κ2) is 8.63. The van der Waals surface area contributed by atoms with Gasteiger partial charge in [0.25, 0.3) is 0 Å². The molecule has 146 valence electrons. The number of sulfonamides is 1. The first kappa shape index (κ1) is 21.1. The lowest BCUT2D eigenvalue weighted by atomic mass is 10.1. The van der Waals surface area contributed by atoms with Crippen LogP contribution >= 0.6 is 11.6 Å². The average Bonchev–Trinajstić information content (AvgIpc) is 2.60. The minimum Gasteiger partial charge on any atom is -0.495 e. The fraction of sp³-hybridized carbons (Fsp3) is 0.316. The third-order valence-corrected chi connectivity index (χ3v) is 5.46. The summed E-state index contributed by atoms with van der Waals surface area (Å²) in [4.78, 5) is 12.7. The molecule has 0 fully saturated rings. The third kappa shape index (κ3) is 5.14. The molecule has 0 heterocycles. The largest absolute Gasteiger partial charge is 0.495 e. The van der Waals surface area contributed by atoms with Crippen molar-refractivity contribution >= 4 is 38.9 Å². The third-order valence-electron chi connectivity index (χ3n) is 4.10. The second-order valence-corrected chi connectivity index (χ2v) is 8.44. The standard InChI is InChI=1S/C19H23ClN2O4S/c1-5-14-8-6-7-13(2)19(14)21-18(23)12-22(27(4,24)25)16-11-15(20)9-10-17(16)26-3/h6-11H,5,12H2,1-4H3,(H,21,23). The maximum absolute atomic E-state index is 12.7. The molecule has 0 aromatic heterocycles. The smallest absolute Gasteiger partial charge is 0.245 e. The molecule has 0 saturated heterocycles. The van der Waals surface area contributed by atoms with Crippen LogP contribution < -0.4 is 14.4 Å². The summed E-state index contributed by atoms with van der Waals surface area (Å²) in [6.07, 6.45) is 1.78. The topological polar surface area (TPSA) is 75.7 Å². The molecular weight excluding hydrogens is 388 g/mol. The van der Waals surface area contributed by atoms with E-state index in [-0.39, 0.29) is 5.69 Å². The van der Waals surface area contributed by atoms with Crippen LogP contribution in [-0.2, 0) is 21.2 Å². The number of para-hydroxylation sites is 1. The summed E-state index contributed by atoms with van der Waals surface area (Å²) in [6, 6.07) is 10.3. The summed E-state index contributed by atoms with van der Waals surface area (Å²) in [5.41, 5.74) is 2.81. The fourth-order valence-electron chi connectivity index (χ4n) is 2.75. The lowest BCUT2D eigenvalue weighted by molar-refractivity contribution is -0.114. The van der Waals surface area contributed by atoms with Crippen LogP contribution in [-0.4, -0.2) is 34.2 Å². The number of ether oxygens (including phenoxy) is 1. The first-order chi connectivity index (χ1) is 12.7. The van der Waals surface area contributed by atoms with Crippen LogP contribution in [0.15, 0.2) is 36.4 Å². The van der Waals surface area contributed by atoms with Crippen LogP contribution in [0.1, 0.15) is 18.1 Å². The van der Waals surface area contributed by atoms with E-state index in [4.69, 9.17) is 16.3 Å². The highest BCUT2D eigenvalue weighted by molar-refractivity contribution is 7.92. The summed E-state index contributed by atoms with van der Waals surface area (Å²) in [5, 5.41) is 3.18. The molecule has 8 heteroatoms. The molecule has 1 N–H and O–H groups in total. The number of nitrogens with one attached hydrogen (secondary N) is 1. The maximum atomic E-state index is 12.7. The van der Waals surface area contributed by atoms with Gasteiger partial charge in [0.1, 0.15) is 12.3 Å². The Kier molecular flexibility index (Phi) is 6.73. The molecule has 0 saturated carbocycles. The Bertz CT molecular complexity index is 945. The van der Waals surface area contributed by atoms with Gasteiger partial charge >= 0.3 is 0 Å². The number of rotatable bonds is 7. The number of benzene rings is 2. The normalized spacial score (nSPS) is 11.1. The van der Waals surface area contributed by atoms with Gasteiger partial charge in [-0.3, -0.25) is 9.10 Å². The van der Waals surface area contributed by atoms with E-state index in [0.29, 0.717) is 16.5 Å². The zero-order valence-electron chi connectivity index (χ0n) is 15.7. The van der Waals surface area contributed by atoms with Gasteiger partial charge in [0.15, 0.2) is 0 Å². The first-order valence-electron chi connectivity index (χ1n) is 8.37. The van der Waals surface area contributed by atoms with E-state index in [0.717, 1.165) is 28.1 Å². The molecule has 0 radical (unpaired) electrons. The van der Waals surface area contributed by atoms with Crippen molar-refractivity contribution in [1.29, 1.82) is 0 Å². The van der Waals surface area contributed by atoms with Crippen LogP contribution in [0.3, 0.4) is 0 Å². The van der Waals surface area contributed by atoms with Gasteiger partial charge in [0.05, 0.1) is 19.1 Å². The number of anilines is 2. The molecule has 0 aliphatic carbocycles. The Balaban J connectivity index is 2.36. The van der Waals surface area contributed by atoms with Gasteiger partial charge in [-0.15, -0.1) is 0 Å². The molecule has 2 aromatic rings. The van der Waals surface area contributed by atoms with Crippen LogP contribution in [0.5, 0.6) is 5.75 Å². The molecule has 2 rings (SSSR count). The molecular formula is C19H23ClN2O4S. The summed E-state index contributed by atoms with van der Waals surface area (Å²) in [5.74, 6) is -0.144. The van der Waals surface area contributed by atoms with Crippen LogP contribution in [0.2, 0.25) is 5.02 Å². The van der Waals surface area contributed by atoms with E-state index >= 15 is 0 Å². The number of nitrogens with zero attached hydrogens (tertiary/aromatic N) is 1. The highest BCUT2D eigenvalue weighted by Crippen LogP contribution is 2.32. The van der Waals surface area contributed by atoms with Crippen molar-refractivity contribution in [1.82, 2.24) is 0 Å². The van der Waals surface area contributed by atoms with Gasteiger partial charge < -0.3 is 10.1 Å². The van der Waals surface area contributed by atoms with E-state index in [1.165, 1.54) is 13.2 Å². The number of aryl methyl sites for hydroxylation is 2. The van der Waals surface area contributed by atoms with Gasteiger partial charge in [-0.05, 0) is 42.7 Å². The van der Waals surface area contributed by atoms with E-state index in [1.807, 2.05) is 32.0 Å². The minimum atomic E-state index is -3.75. The fourth-order valence-corrected chi connectivity index (χ4v) is 3.77. The number of hydrogen-bond acceptors (Lipinski definition) is 4. The highest BCUT2D eigenvalue weighted by atomic mass is 35.5. The van der Waals surface area contributed by atoms with Crippen molar-refractivity contribution in [2.75, 3.05) is 29.5 Å². The molecule has 0 unspecified atom stereocenters.